The topological polar surface area (TPSA) is 52.7 Å². The number of hydrogen-bond acceptors (Lipinski definition) is 3. The first-order valence-electron chi connectivity index (χ1n) is 10.4. The number of likely N-dealkylation sites (tertiary alicyclic amines) is 1. The minimum Gasteiger partial charge on any atom is -0.371 e. The molecule has 8 heteroatoms. The fourth-order valence-electron chi connectivity index (χ4n) is 4.18. The molecule has 2 heterocycles. The fraction of sp³-hybridized carbons (Fsp3) is 0.619. The van der Waals surface area contributed by atoms with Gasteiger partial charge in [-0.25, -0.2) is 0 Å². The molecule has 2 amide bonds. The molecule has 1 saturated carbocycles. The second-order valence-electron chi connectivity index (χ2n) is 8.30. The lowest BCUT2D eigenvalue weighted by molar-refractivity contribution is -0.183. The molecule has 3 aliphatic rings. The van der Waals surface area contributed by atoms with Crippen LogP contribution in [-0.4, -0.2) is 49.1 Å². The van der Waals surface area contributed by atoms with Crippen LogP contribution in [0.2, 0.25) is 0 Å². The van der Waals surface area contributed by atoms with Crippen molar-refractivity contribution in [3.8, 4) is 0 Å². The van der Waals surface area contributed by atoms with Crippen molar-refractivity contribution in [2.75, 3.05) is 36.4 Å². The third kappa shape index (κ3) is 4.51. The summed E-state index contributed by atoms with van der Waals surface area (Å²) in [4.78, 5) is 28.9. The highest BCUT2D eigenvalue weighted by Crippen LogP contribution is 2.36. The van der Waals surface area contributed by atoms with Crippen LogP contribution in [0.25, 0.3) is 0 Å². The largest absolute Gasteiger partial charge is 0.391 e. The monoisotopic (exact) mass is 409 g/mol. The normalized spacial score (nSPS) is 20.8. The number of piperidine rings is 1. The summed E-state index contributed by atoms with van der Waals surface area (Å²) in [6.45, 7) is 1.89. The lowest BCUT2D eigenvalue weighted by atomic mass is 9.95. The van der Waals surface area contributed by atoms with Gasteiger partial charge in [-0.15, -0.1) is 0 Å². The Hall–Kier alpha value is -2.25. The molecule has 158 valence electrons. The van der Waals surface area contributed by atoms with Gasteiger partial charge >= 0.3 is 6.18 Å². The quantitative estimate of drug-likeness (QED) is 0.816. The zero-order valence-electron chi connectivity index (χ0n) is 16.3. The van der Waals surface area contributed by atoms with Crippen molar-refractivity contribution in [1.29, 1.82) is 0 Å². The van der Waals surface area contributed by atoms with Gasteiger partial charge < -0.3 is 15.1 Å². The van der Waals surface area contributed by atoms with Crippen molar-refractivity contribution in [2.45, 2.75) is 44.7 Å². The molecule has 29 heavy (non-hydrogen) atoms. The first kappa shape index (κ1) is 20.0. The second-order valence-corrected chi connectivity index (χ2v) is 8.30. The van der Waals surface area contributed by atoms with E-state index < -0.39 is 12.1 Å². The minimum absolute atomic E-state index is 0.00525. The van der Waals surface area contributed by atoms with Gasteiger partial charge in [0.05, 0.1) is 17.2 Å². The zero-order valence-corrected chi connectivity index (χ0v) is 16.3. The molecule has 1 aromatic carbocycles. The number of alkyl halides is 3. The molecule has 5 nitrogen and oxygen atoms in total. The summed E-state index contributed by atoms with van der Waals surface area (Å²) >= 11 is 0. The van der Waals surface area contributed by atoms with Crippen molar-refractivity contribution in [3.05, 3.63) is 23.8 Å². The van der Waals surface area contributed by atoms with Crippen LogP contribution in [0.15, 0.2) is 18.2 Å². The van der Waals surface area contributed by atoms with E-state index in [0.29, 0.717) is 11.3 Å². The van der Waals surface area contributed by atoms with Crippen LogP contribution in [0, 0.1) is 11.8 Å². The Kier molecular flexibility index (Phi) is 5.44. The van der Waals surface area contributed by atoms with Gasteiger partial charge in [0.1, 0.15) is 0 Å². The Morgan fingerprint density at radius 1 is 0.966 bits per heavy atom. The Bertz CT molecular complexity index is 778. The third-order valence-electron chi connectivity index (χ3n) is 6.14. The molecule has 0 aromatic heterocycles. The molecule has 3 fully saturated rings. The number of halogens is 3. The number of carbonyl (C=O) groups is 2. The summed E-state index contributed by atoms with van der Waals surface area (Å²) in [5.41, 5.74) is 1.93. The van der Waals surface area contributed by atoms with Crippen molar-refractivity contribution >= 4 is 23.2 Å². The SMILES string of the molecule is O=C(Nc1ccc(C(=O)N2CCC(C(F)(F)F)CC2)c(N2CCCC2)c1)C1CC1. The van der Waals surface area contributed by atoms with E-state index in [-0.39, 0.29) is 43.7 Å². The summed E-state index contributed by atoms with van der Waals surface area (Å²) in [5.74, 6) is -1.47. The number of anilines is 2. The molecule has 0 bridgehead atoms. The number of benzene rings is 1. The van der Waals surface area contributed by atoms with Gasteiger partial charge in [0.2, 0.25) is 5.91 Å². The molecule has 0 unspecified atom stereocenters. The van der Waals surface area contributed by atoms with Crippen LogP contribution in [0.4, 0.5) is 24.5 Å². The highest BCUT2D eigenvalue weighted by atomic mass is 19.4. The predicted molar refractivity (Wildman–Crippen MR) is 104 cm³/mol. The van der Waals surface area contributed by atoms with E-state index in [0.717, 1.165) is 44.5 Å². The molecule has 1 aromatic rings. The Morgan fingerprint density at radius 2 is 1.62 bits per heavy atom. The van der Waals surface area contributed by atoms with Crippen LogP contribution in [0.1, 0.15) is 48.9 Å². The molecule has 1 N–H and O–H groups in total. The summed E-state index contributed by atoms with van der Waals surface area (Å²) in [6.07, 6.45) is -0.415. The molecule has 0 atom stereocenters. The van der Waals surface area contributed by atoms with E-state index in [2.05, 4.69) is 10.2 Å². The van der Waals surface area contributed by atoms with Gasteiger partial charge in [-0.2, -0.15) is 13.2 Å². The number of rotatable bonds is 4. The van der Waals surface area contributed by atoms with Crippen LogP contribution in [0.5, 0.6) is 0 Å². The lowest BCUT2D eigenvalue weighted by Crippen LogP contribution is -2.42. The van der Waals surface area contributed by atoms with E-state index in [4.69, 9.17) is 0 Å². The van der Waals surface area contributed by atoms with Gasteiger partial charge in [0.15, 0.2) is 0 Å². The maximum atomic E-state index is 13.1. The van der Waals surface area contributed by atoms with Crippen molar-refractivity contribution in [1.82, 2.24) is 4.90 Å². The number of hydrogen-bond donors (Lipinski definition) is 1. The van der Waals surface area contributed by atoms with Crippen LogP contribution >= 0.6 is 0 Å². The Morgan fingerprint density at radius 3 is 2.21 bits per heavy atom. The lowest BCUT2D eigenvalue weighted by Gasteiger charge is -2.34. The maximum absolute atomic E-state index is 13.1. The van der Waals surface area contributed by atoms with E-state index >= 15 is 0 Å². The summed E-state index contributed by atoms with van der Waals surface area (Å²) in [6, 6.07) is 5.26. The molecular weight excluding hydrogens is 383 g/mol. The van der Waals surface area contributed by atoms with Crippen molar-refractivity contribution < 1.29 is 22.8 Å². The molecule has 0 spiro atoms. The second kappa shape index (κ2) is 7.88. The van der Waals surface area contributed by atoms with Crippen LogP contribution in [-0.2, 0) is 4.79 Å². The van der Waals surface area contributed by atoms with Gasteiger partial charge in [0.25, 0.3) is 5.91 Å². The summed E-state index contributed by atoms with van der Waals surface area (Å²) < 4.78 is 38.8. The maximum Gasteiger partial charge on any atom is 0.391 e. The minimum atomic E-state index is -4.20. The average molecular weight is 409 g/mol. The van der Waals surface area contributed by atoms with Gasteiger partial charge in [-0.1, -0.05) is 0 Å². The highest BCUT2D eigenvalue weighted by Gasteiger charge is 2.42. The molecule has 0 radical (unpaired) electrons. The molecule has 1 aliphatic carbocycles. The number of nitrogens with zero attached hydrogens (tertiary/aromatic N) is 2. The predicted octanol–water partition coefficient (Wildman–Crippen LogP) is 4.05. The Labute approximate surface area is 168 Å². The summed E-state index contributed by atoms with van der Waals surface area (Å²) in [7, 11) is 0. The van der Waals surface area contributed by atoms with E-state index in [9.17, 15) is 22.8 Å². The summed E-state index contributed by atoms with van der Waals surface area (Å²) in [5, 5.41) is 2.92. The standard InChI is InChI=1S/C21H26F3N3O2/c22-21(23,24)15-7-11-27(12-8-15)20(29)17-6-5-16(25-19(28)14-3-4-14)13-18(17)26-9-1-2-10-26/h5-6,13-15H,1-4,7-12H2,(H,25,28). The van der Waals surface area contributed by atoms with Gasteiger partial charge in [-0.3, -0.25) is 9.59 Å². The first-order chi connectivity index (χ1) is 13.8. The third-order valence-corrected chi connectivity index (χ3v) is 6.14. The van der Waals surface area contributed by atoms with E-state index in [1.807, 2.05) is 6.07 Å². The number of carbonyl (C=O) groups excluding carboxylic acids is 2. The first-order valence-corrected chi connectivity index (χ1v) is 10.4. The smallest absolute Gasteiger partial charge is 0.371 e. The average Bonchev–Trinajstić information content (AvgIpc) is 3.41. The molecular formula is C21H26F3N3O2. The van der Waals surface area contributed by atoms with E-state index in [1.165, 1.54) is 4.90 Å². The molecule has 4 rings (SSSR count). The highest BCUT2D eigenvalue weighted by molar-refractivity contribution is 6.02. The molecule has 2 saturated heterocycles. The Balaban J connectivity index is 1.52. The molecule has 2 aliphatic heterocycles. The van der Waals surface area contributed by atoms with Gasteiger partial charge in [-0.05, 0) is 56.7 Å². The zero-order chi connectivity index (χ0) is 20.6. The van der Waals surface area contributed by atoms with Gasteiger partial charge in [0, 0.05) is 37.8 Å². The van der Waals surface area contributed by atoms with Crippen LogP contribution < -0.4 is 10.2 Å². The van der Waals surface area contributed by atoms with Crippen molar-refractivity contribution in [2.24, 2.45) is 11.8 Å². The number of nitrogens with one attached hydrogen (secondary N) is 1. The van der Waals surface area contributed by atoms with Crippen LogP contribution in [0.3, 0.4) is 0 Å². The number of amides is 2. The fourth-order valence-corrected chi connectivity index (χ4v) is 4.18. The van der Waals surface area contributed by atoms with E-state index in [1.54, 1.807) is 12.1 Å². The van der Waals surface area contributed by atoms with Crippen molar-refractivity contribution in [3.63, 3.8) is 0 Å².